The first-order valence-corrected chi connectivity index (χ1v) is 8.20. The molecule has 3 rings (SSSR count). The van der Waals surface area contributed by atoms with Gasteiger partial charge in [-0.05, 0) is 44.0 Å². The number of amides is 3. The molecule has 1 aliphatic rings. The zero-order valence-corrected chi connectivity index (χ0v) is 14.5. The van der Waals surface area contributed by atoms with Crippen LogP contribution in [-0.2, 0) is 4.79 Å². The van der Waals surface area contributed by atoms with Crippen LogP contribution < -0.4 is 9.80 Å². The van der Waals surface area contributed by atoms with Crippen molar-refractivity contribution in [2.24, 2.45) is 5.92 Å². The fourth-order valence-electron chi connectivity index (χ4n) is 3.05. The lowest BCUT2D eigenvalue weighted by molar-refractivity contribution is -0.118. The molecule has 2 aromatic carbocycles. The van der Waals surface area contributed by atoms with Crippen LogP contribution in [0.3, 0.4) is 0 Å². The zero-order valence-electron chi connectivity index (χ0n) is 14.5. The third kappa shape index (κ3) is 2.68. The van der Waals surface area contributed by atoms with E-state index >= 15 is 0 Å². The molecule has 4 nitrogen and oxygen atoms in total. The highest BCUT2D eigenvalue weighted by Gasteiger charge is 2.47. The fraction of sp³-hybridized carbons (Fsp3) is 0.300. The molecule has 1 saturated heterocycles. The molecule has 1 heterocycles. The molecule has 3 amide bonds. The third-order valence-corrected chi connectivity index (χ3v) is 4.38. The summed E-state index contributed by atoms with van der Waals surface area (Å²) in [5, 5.41) is 0. The Kier molecular flexibility index (Phi) is 4.14. The molecule has 0 bridgehead atoms. The fourth-order valence-corrected chi connectivity index (χ4v) is 3.05. The SMILES string of the molecule is Cc1ccc(N2C(=O)C(C(C)C)N(c3ccc(C)cc3)C2=O)cc1. The van der Waals surface area contributed by atoms with Crippen LogP contribution >= 0.6 is 0 Å². The molecule has 1 fully saturated rings. The largest absolute Gasteiger partial charge is 0.336 e. The summed E-state index contributed by atoms with van der Waals surface area (Å²) in [4.78, 5) is 28.9. The monoisotopic (exact) mass is 322 g/mol. The van der Waals surface area contributed by atoms with Crippen molar-refractivity contribution in [3.8, 4) is 0 Å². The smallest absolute Gasteiger partial charge is 0.281 e. The van der Waals surface area contributed by atoms with Gasteiger partial charge in [-0.3, -0.25) is 9.69 Å². The topological polar surface area (TPSA) is 40.6 Å². The number of carbonyl (C=O) groups is 2. The van der Waals surface area contributed by atoms with Crippen LogP contribution in [0.2, 0.25) is 0 Å². The van der Waals surface area contributed by atoms with Gasteiger partial charge in [0, 0.05) is 5.69 Å². The molecular weight excluding hydrogens is 300 g/mol. The van der Waals surface area contributed by atoms with Gasteiger partial charge in [-0.1, -0.05) is 49.2 Å². The van der Waals surface area contributed by atoms with Crippen molar-refractivity contribution >= 4 is 23.3 Å². The van der Waals surface area contributed by atoms with Crippen LogP contribution in [0.4, 0.5) is 16.2 Å². The van der Waals surface area contributed by atoms with Crippen molar-refractivity contribution in [1.29, 1.82) is 0 Å². The van der Waals surface area contributed by atoms with Gasteiger partial charge >= 0.3 is 6.03 Å². The number of anilines is 2. The maximum Gasteiger partial charge on any atom is 0.336 e. The summed E-state index contributed by atoms with van der Waals surface area (Å²) >= 11 is 0. The summed E-state index contributed by atoms with van der Waals surface area (Å²) < 4.78 is 0. The number of benzene rings is 2. The summed E-state index contributed by atoms with van der Waals surface area (Å²) in [6.45, 7) is 7.91. The zero-order chi connectivity index (χ0) is 17.4. The second-order valence-corrected chi connectivity index (χ2v) is 6.69. The molecule has 4 heteroatoms. The van der Waals surface area contributed by atoms with Crippen LogP contribution in [0.15, 0.2) is 48.5 Å². The van der Waals surface area contributed by atoms with E-state index in [1.165, 1.54) is 4.90 Å². The lowest BCUT2D eigenvalue weighted by Crippen LogP contribution is -2.38. The van der Waals surface area contributed by atoms with Gasteiger partial charge in [-0.15, -0.1) is 0 Å². The van der Waals surface area contributed by atoms with E-state index in [9.17, 15) is 9.59 Å². The van der Waals surface area contributed by atoms with Crippen molar-refractivity contribution in [3.05, 3.63) is 59.7 Å². The maximum atomic E-state index is 13.0. The first-order valence-electron chi connectivity index (χ1n) is 8.20. The predicted octanol–water partition coefficient (Wildman–Crippen LogP) is 4.30. The Morgan fingerprint density at radius 2 is 1.25 bits per heavy atom. The van der Waals surface area contributed by atoms with E-state index in [1.54, 1.807) is 4.90 Å². The van der Waals surface area contributed by atoms with Gasteiger partial charge in [0.05, 0.1) is 5.69 Å². The van der Waals surface area contributed by atoms with Gasteiger partial charge in [-0.2, -0.15) is 0 Å². The van der Waals surface area contributed by atoms with Crippen molar-refractivity contribution in [1.82, 2.24) is 0 Å². The summed E-state index contributed by atoms with van der Waals surface area (Å²) in [5.41, 5.74) is 3.59. The first kappa shape index (κ1) is 16.2. The van der Waals surface area contributed by atoms with Crippen molar-refractivity contribution < 1.29 is 9.59 Å². The van der Waals surface area contributed by atoms with E-state index in [4.69, 9.17) is 0 Å². The van der Waals surface area contributed by atoms with E-state index in [-0.39, 0.29) is 17.9 Å². The second kappa shape index (κ2) is 6.11. The molecule has 0 N–H and O–H groups in total. The molecule has 24 heavy (non-hydrogen) atoms. The van der Waals surface area contributed by atoms with E-state index in [1.807, 2.05) is 76.2 Å². The van der Waals surface area contributed by atoms with Crippen LogP contribution in [0, 0.1) is 19.8 Å². The number of hydrogen-bond acceptors (Lipinski definition) is 2. The number of carbonyl (C=O) groups excluding carboxylic acids is 2. The Morgan fingerprint density at radius 1 is 0.792 bits per heavy atom. The van der Waals surface area contributed by atoms with E-state index in [2.05, 4.69) is 0 Å². The molecule has 2 aromatic rings. The highest BCUT2D eigenvalue weighted by Crippen LogP contribution is 2.33. The molecule has 1 atom stereocenters. The Morgan fingerprint density at radius 3 is 1.71 bits per heavy atom. The highest BCUT2D eigenvalue weighted by atomic mass is 16.2. The Bertz CT molecular complexity index is 763. The maximum absolute atomic E-state index is 13.0. The van der Waals surface area contributed by atoms with Gasteiger partial charge < -0.3 is 0 Å². The molecule has 0 saturated carbocycles. The lowest BCUT2D eigenvalue weighted by atomic mass is 10.0. The van der Waals surface area contributed by atoms with E-state index < -0.39 is 6.04 Å². The van der Waals surface area contributed by atoms with E-state index in [0.29, 0.717) is 5.69 Å². The summed E-state index contributed by atoms with van der Waals surface area (Å²) in [7, 11) is 0. The Balaban J connectivity index is 2.05. The van der Waals surface area contributed by atoms with Crippen LogP contribution in [0.5, 0.6) is 0 Å². The minimum Gasteiger partial charge on any atom is -0.281 e. The first-order chi connectivity index (χ1) is 11.4. The number of imide groups is 1. The summed E-state index contributed by atoms with van der Waals surface area (Å²) in [6.07, 6.45) is 0. The van der Waals surface area contributed by atoms with Gasteiger partial charge in [0.1, 0.15) is 6.04 Å². The summed E-state index contributed by atoms with van der Waals surface area (Å²) in [6, 6.07) is 14.4. The molecule has 1 aliphatic heterocycles. The van der Waals surface area contributed by atoms with Gasteiger partial charge in [0.25, 0.3) is 5.91 Å². The normalized spacial score (nSPS) is 18.0. The molecule has 1 unspecified atom stereocenters. The number of urea groups is 1. The van der Waals surface area contributed by atoms with Crippen LogP contribution in [0.25, 0.3) is 0 Å². The number of aryl methyl sites for hydroxylation is 2. The average molecular weight is 322 g/mol. The predicted molar refractivity (Wildman–Crippen MR) is 96.3 cm³/mol. The van der Waals surface area contributed by atoms with Gasteiger partial charge in [0.2, 0.25) is 0 Å². The number of nitrogens with zero attached hydrogens (tertiary/aromatic N) is 2. The molecule has 0 aliphatic carbocycles. The standard InChI is InChI=1S/C20H22N2O2/c1-13(2)18-19(23)22(17-11-7-15(4)8-12-17)20(24)21(18)16-9-5-14(3)6-10-16/h5-13,18H,1-4H3. The van der Waals surface area contributed by atoms with Crippen molar-refractivity contribution in [3.63, 3.8) is 0 Å². The number of hydrogen-bond donors (Lipinski definition) is 0. The Hall–Kier alpha value is -2.62. The lowest BCUT2D eigenvalue weighted by Gasteiger charge is -2.24. The van der Waals surface area contributed by atoms with Gasteiger partial charge in [-0.25, -0.2) is 9.69 Å². The van der Waals surface area contributed by atoms with Crippen LogP contribution in [0.1, 0.15) is 25.0 Å². The molecular formula is C20H22N2O2. The minimum absolute atomic E-state index is 0.0261. The second-order valence-electron chi connectivity index (χ2n) is 6.69. The molecule has 124 valence electrons. The molecule has 0 aromatic heterocycles. The summed E-state index contributed by atoms with van der Waals surface area (Å²) in [5.74, 6) is -0.141. The van der Waals surface area contributed by atoms with Crippen molar-refractivity contribution in [2.75, 3.05) is 9.80 Å². The molecule has 0 spiro atoms. The highest BCUT2D eigenvalue weighted by molar-refractivity contribution is 6.28. The van der Waals surface area contributed by atoms with Gasteiger partial charge in [0.15, 0.2) is 0 Å². The Labute approximate surface area is 142 Å². The average Bonchev–Trinajstić information content (AvgIpc) is 2.80. The van der Waals surface area contributed by atoms with E-state index in [0.717, 1.165) is 16.8 Å². The quantitative estimate of drug-likeness (QED) is 0.790. The third-order valence-electron chi connectivity index (χ3n) is 4.38. The van der Waals surface area contributed by atoms with Crippen molar-refractivity contribution in [2.45, 2.75) is 33.7 Å². The minimum atomic E-state index is -0.485. The number of rotatable bonds is 3. The molecule has 0 radical (unpaired) electrons. The van der Waals surface area contributed by atoms with Crippen LogP contribution in [-0.4, -0.2) is 18.0 Å².